The van der Waals surface area contributed by atoms with Crippen LogP contribution >= 0.6 is 15.9 Å². The minimum atomic E-state index is -0.764. The highest BCUT2D eigenvalue weighted by atomic mass is 79.9. The normalized spacial score (nSPS) is 26.3. The number of hydrogen-bond donors (Lipinski definition) is 1. The van der Waals surface area contributed by atoms with Gasteiger partial charge in [-0.25, -0.2) is 15.0 Å². The molecule has 4 atom stereocenters. The zero-order chi connectivity index (χ0) is 22.5. The van der Waals surface area contributed by atoms with Gasteiger partial charge in [-0.2, -0.15) is 5.26 Å². The quantitative estimate of drug-likeness (QED) is 0.525. The summed E-state index contributed by atoms with van der Waals surface area (Å²) in [5.74, 6) is -0.477. The van der Waals surface area contributed by atoms with E-state index in [9.17, 15) is 0 Å². The van der Waals surface area contributed by atoms with E-state index in [0.717, 1.165) is 5.56 Å². The van der Waals surface area contributed by atoms with Gasteiger partial charge in [0.25, 0.3) is 0 Å². The Morgan fingerprint density at radius 3 is 2.72 bits per heavy atom. The average Bonchev–Trinajstić information content (AvgIpc) is 3.37. The second kappa shape index (κ2) is 8.06. The van der Waals surface area contributed by atoms with Gasteiger partial charge in [0.2, 0.25) is 0 Å². The minimum Gasteiger partial charge on any atom is -0.382 e. The van der Waals surface area contributed by atoms with Crippen LogP contribution in [0.1, 0.15) is 31.2 Å². The van der Waals surface area contributed by atoms with Crippen molar-refractivity contribution < 1.29 is 18.9 Å². The number of nitriles is 1. The minimum absolute atomic E-state index is 0.287. The highest BCUT2D eigenvalue weighted by Crippen LogP contribution is 2.45. The monoisotopic (exact) mass is 500 g/mol. The molecule has 1 aromatic carbocycles. The molecule has 10 nitrogen and oxygen atoms in total. The van der Waals surface area contributed by atoms with Crippen molar-refractivity contribution in [3.8, 4) is 6.07 Å². The molecule has 5 rings (SSSR count). The Hall–Kier alpha value is -2.62. The first kappa shape index (κ1) is 21.2. The van der Waals surface area contributed by atoms with Gasteiger partial charge in [-0.15, -0.1) is 0 Å². The molecule has 2 aromatic heterocycles. The smallest absolute Gasteiger partial charge is 0.181 e. The number of rotatable bonds is 5. The summed E-state index contributed by atoms with van der Waals surface area (Å²) in [7, 11) is 0. The first-order valence-corrected chi connectivity index (χ1v) is 10.9. The molecule has 2 fully saturated rings. The molecule has 166 valence electrons. The molecule has 0 bridgehead atoms. The molecule has 0 saturated carbocycles. The van der Waals surface area contributed by atoms with Gasteiger partial charge in [-0.3, -0.25) is 4.57 Å². The van der Waals surface area contributed by atoms with Crippen LogP contribution in [-0.2, 0) is 25.6 Å². The van der Waals surface area contributed by atoms with E-state index >= 15 is 0 Å². The number of nitrogens with zero attached hydrogens (tertiary/aromatic N) is 5. The van der Waals surface area contributed by atoms with E-state index in [1.165, 1.54) is 6.33 Å². The van der Waals surface area contributed by atoms with Gasteiger partial charge in [-0.1, -0.05) is 12.1 Å². The molecule has 11 heteroatoms. The van der Waals surface area contributed by atoms with E-state index in [2.05, 4.69) is 37.0 Å². The van der Waals surface area contributed by atoms with Crippen LogP contribution in [0.15, 0.2) is 35.3 Å². The maximum Gasteiger partial charge on any atom is 0.181 e. The maximum absolute atomic E-state index is 8.93. The molecule has 2 N–H and O–H groups in total. The third-order valence-corrected chi connectivity index (χ3v) is 6.04. The summed E-state index contributed by atoms with van der Waals surface area (Å²) >= 11 is 3.49. The lowest BCUT2D eigenvalue weighted by atomic mass is 10.1. The Kier molecular flexibility index (Phi) is 5.35. The van der Waals surface area contributed by atoms with E-state index in [0.29, 0.717) is 34.7 Å². The van der Waals surface area contributed by atoms with Gasteiger partial charge in [-0.05, 0) is 47.5 Å². The molecule has 2 aliphatic heterocycles. The van der Waals surface area contributed by atoms with Gasteiger partial charge >= 0.3 is 0 Å². The summed E-state index contributed by atoms with van der Waals surface area (Å²) in [5.41, 5.74) is 8.58. The molecule has 0 unspecified atom stereocenters. The Labute approximate surface area is 192 Å². The second-order valence-corrected chi connectivity index (χ2v) is 8.84. The van der Waals surface area contributed by atoms with Gasteiger partial charge in [0, 0.05) is 0 Å². The molecule has 4 heterocycles. The molecule has 0 spiro atoms. The van der Waals surface area contributed by atoms with E-state index in [1.54, 1.807) is 16.7 Å². The highest BCUT2D eigenvalue weighted by Gasteiger charge is 2.56. The van der Waals surface area contributed by atoms with Crippen LogP contribution in [0.4, 0.5) is 5.82 Å². The molecule has 0 aliphatic carbocycles. The van der Waals surface area contributed by atoms with Crippen LogP contribution in [0.25, 0.3) is 11.2 Å². The summed E-state index contributed by atoms with van der Waals surface area (Å²) in [6, 6.07) is 9.38. The van der Waals surface area contributed by atoms with Crippen molar-refractivity contribution in [2.24, 2.45) is 0 Å². The number of anilines is 1. The molecule has 3 aromatic rings. The first-order valence-electron chi connectivity index (χ1n) is 10.1. The van der Waals surface area contributed by atoms with Crippen molar-refractivity contribution in [2.45, 2.75) is 50.8 Å². The van der Waals surface area contributed by atoms with Crippen molar-refractivity contribution >= 4 is 32.9 Å². The van der Waals surface area contributed by atoms with Crippen LogP contribution in [0, 0.1) is 11.3 Å². The fourth-order valence-corrected chi connectivity index (χ4v) is 4.64. The van der Waals surface area contributed by atoms with E-state index < -0.39 is 18.1 Å². The van der Waals surface area contributed by atoms with Crippen molar-refractivity contribution in [2.75, 3.05) is 12.3 Å². The number of nitrogens with two attached hydrogens (primary N) is 1. The fraction of sp³-hybridized carbons (Fsp3) is 0.429. The second-order valence-electron chi connectivity index (χ2n) is 8.14. The highest BCUT2D eigenvalue weighted by molar-refractivity contribution is 9.10. The predicted octanol–water partition coefficient (Wildman–Crippen LogP) is 2.68. The third kappa shape index (κ3) is 3.74. The SMILES string of the molecule is CC1(C)O[C@@H]2[C@@H](O1)[C@@H](COCc1ccc(C#N)cc1)O[C@H]2n1c(Br)nc2c(N)ncnc21. The fourth-order valence-electron chi connectivity index (χ4n) is 4.09. The lowest BCUT2D eigenvalue weighted by Crippen LogP contribution is -2.32. The number of ether oxygens (including phenoxy) is 4. The Balaban J connectivity index is 1.37. The average molecular weight is 501 g/mol. The van der Waals surface area contributed by atoms with Crippen molar-refractivity contribution in [1.82, 2.24) is 19.5 Å². The first-order chi connectivity index (χ1) is 15.4. The summed E-state index contributed by atoms with van der Waals surface area (Å²) in [5, 5.41) is 8.93. The van der Waals surface area contributed by atoms with Crippen LogP contribution in [-0.4, -0.2) is 50.2 Å². The zero-order valence-corrected chi connectivity index (χ0v) is 19.0. The molecule has 0 radical (unpaired) electrons. The van der Waals surface area contributed by atoms with Crippen LogP contribution < -0.4 is 5.73 Å². The zero-order valence-electron chi connectivity index (χ0n) is 17.4. The van der Waals surface area contributed by atoms with Crippen molar-refractivity contribution in [3.63, 3.8) is 0 Å². The number of imidazole rings is 1. The number of halogens is 1. The molecule has 2 saturated heterocycles. The lowest BCUT2D eigenvalue weighted by molar-refractivity contribution is -0.202. The third-order valence-electron chi connectivity index (χ3n) is 5.48. The van der Waals surface area contributed by atoms with E-state index in [1.807, 2.05) is 26.0 Å². The van der Waals surface area contributed by atoms with E-state index in [-0.39, 0.29) is 18.0 Å². The summed E-state index contributed by atoms with van der Waals surface area (Å²) < 4.78 is 26.9. The largest absolute Gasteiger partial charge is 0.382 e. The van der Waals surface area contributed by atoms with Gasteiger partial charge < -0.3 is 24.7 Å². The number of fused-ring (bicyclic) bond motifs is 2. The topological polar surface area (TPSA) is 130 Å². The van der Waals surface area contributed by atoms with Crippen molar-refractivity contribution in [3.05, 3.63) is 46.5 Å². The van der Waals surface area contributed by atoms with Gasteiger partial charge in [0.15, 0.2) is 33.7 Å². The molecule has 2 aliphatic rings. The Morgan fingerprint density at radius 2 is 1.97 bits per heavy atom. The molecule has 0 amide bonds. The van der Waals surface area contributed by atoms with Gasteiger partial charge in [0.05, 0.1) is 24.8 Å². The van der Waals surface area contributed by atoms with Crippen LogP contribution in [0.5, 0.6) is 0 Å². The summed E-state index contributed by atoms with van der Waals surface area (Å²) in [4.78, 5) is 12.8. The predicted molar refractivity (Wildman–Crippen MR) is 116 cm³/mol. The number of nitrogen functional groups attached to an aromatic ring is 1. The number of benzene rings is 1. The molecular weight excluding hydrogens is 480 g/mol. The Bertz CT molecular complexity index is 1190. The summed E-state index contributed by atoms with van der Waals surface area (Å²) in [6.07, 6.45) is -0.242. The van der Waals surface area contributed by atoms with Crippen LogP contribution in [0.2, 0.25) is 0 Å². The van der Waals surface area contributed by atoms with Crippen LogP contribution in [0.3, 0.4) is 0 Å². The van der Waals surface area contributed by atoms with Crippen molar-refractivity contribution in [1.29, 1.82) is 5.26 Å². The molecular formula is C21H21BrN6O4. The summed E-state index contributed by atoms with van der Waals surface area (Å²) in [6.45, 7) is 4.44. The van der Waals surface area contributed by atoms with Gasteiger partial charge in [0.1, 0.15) is 24.6 Å². The number of hydrogen-bond acceptors (Lipinski definition) is 9. The molecule has 32 heavy (non-hydrogen) atoms. The standard InChI is InChI=1S/C21H21BrN6O4/c1-21(2)31-15-13(9-29-8-12-5-3-11(7-23)4-6-12)30-19(16(15)32-21)28-18-14(27-20(28)22)17(24)25-10-26-18/h3-6,10,13,15-16,19H,8-9H2,1-2H3,(H2,24,25,26)/t13-,15+,16-,19-/m1/s1. The maximum atomic E-state index is 8.93. The number of aromatic nitrogens is 4. The Morgan fingerprint density at radius 1 is 1.22 bits per heavy atom. The van der Waals surface area contributed by atoms with E-state index in [4.69, 9.17) is 29.9 Å². The lowest BCUT2D eigenvalue weighted by Gasteiger charge is -2.25.